The quantitative estimate of drug-likeness (QED) is 0.771. The first-order valence-corrected chi connectivity index (χ1v) is 5.87. The fourth-order valence-corrected chi connectivity index (χ4v) is 1.74. The molecule has 0 radical (unpaired) electrons. The Bertz CT molecular complexity index is 318. The highest BCUT2D eigenvalue weighted by molar-refractivity contribution is 4.97. The first-order valence-electron chi connectivity index (χ1n) is 5.87. The number of nitrogens with two attached hydrogens (primary N) is 1. The van der Waals surface area contributed by atoms with Crippen molar-refractivity contribution in [2.45, 2.75) is 51.6 Å². The second-order valence-electron chi connectivity index (χ2n) is 5.05. The number of nitrogens with zero attached hydrogens (tertiary/aromatic N) is 2. The molecule has 0 fully saturated rings. The maximum Gasteiger partial charge on any atom is 0.111 e. The average molecular weight is 225 g/mol. The Hall–Kier alpha value is -0.870. The molecule has 0 aromatic carbocycles. The molecule has 0 saturated carbocycles. The molecule has 0 aliphatic heterocycles. The molecule has 1 rings (SSSR count). The van der Waals surface area contributed by atoms with Crippen LogP contribution < -0.4 is 5.73 Å². The zero-order valence-corrected chi connectivity index (χ0v) is 10.5. The Balaban J connectivity index is 2.46. The lowest BCUT2D eigenvalue weighted by molar-refractivity contribution is 0.196. The summed E-state index contributed by atoms with van der Waals surface area (Å²) in [4.78, 5) is 4.33. The van der Waals surface area contributed by atoms with Crippen molar-refractivity contribution in [3.63, 3.8) is 0 Å². The molecule has 1 heterocycles. The lowest BCUT2D eigenvalue weighted by Crippen LogP contribution is -2.40. The minimum Gasteiger partial charge on any atom is -0.394 e. The van der Waals surface area contributed by atoms with E-state index in [1.54, 1.807) is 0 Å². The van der Waals surface area contributed by atoms with Crippen LogP contribution in [0.1, 0.15) is 45.4 Å². The van der Waals surface area contributed by atoms with Crippen LogP contribution in [0, 0.1) is 0 Å². The number of imidazole rings is 1. The molecule has 0 saturated heterocycles. The van der Waals surface area contributed by atoms with Gasteiger partial charge in [0.15, 0.2) is 0 Å². The fourth-order valence-electron chi connectivity index (χ4n) is 1.74. The molecule has 0 amide bonds. The van der Waals surface area contributed by atoms with E-state index in [0.29, 0.717) is 5.92 Å². The second-order valence-corrected chi connectivity index (χ2v) is 5.05. The summed E-state index contributed by atoms with van der Waals surface area (Å²) in [5.74, 6) is 1.56. The number of aliphatic hydroxyl groups is 1. The molecule has 4 heteroatoms. The third kappa shape index (κ3) is 3.61. The molecular formula is C12H23N3O. The first kappa shape index (κ1) is 13.2. The van der Waals surface area contributed by atoms with Gasteiger partial charge in [-0.05, 0) is 19.8 Å². The van der Waals surface area contributed by atoms with Gasteiger partial charge in [0.25, 0.3) is 0 Å². The molecule has 1 atom stereocenters. The molecule has 1 unspecified atom stereocenters. The van der Waals surface area contributed by atoms with Gasteiger partial charge in [0.2, 0.25) is 0 Å². The van der Waals surface area contributed by atoms with Gasteiger partial charge in [-0.2, -0.15) is 0 Å². The van der Waals surface area contributed by atoms with Gasteiger partial charge >= 0.3 is 0 Å². The largest absolute Gasteiger partial charge is 0.394 e. The number of hydrogen-bond donors (Lipinski definition) is 2. The van der Waals surface area contributed by atoms with E-state index in [4.69, 9.17) is 10.8 Å². The van der Waals surface area contributed by atoms with Crippen molar-refractivity contribution in [3.8, 4) is 0 Å². The van der Waals surface area contributed by atoms with Crippen LogP contribution in [0.25, 0.3) is 0 Å². The zero-order valence-electron chi connectivity index (χ0n) is 10.5. The SMILES string of the molecule is CC(C)c1nccn1CCCC(C)(N)CO. The van der Waals surface area contributed by atoms with Crippen molar-refractivity contribution in [1.29, 1.82) is 0 Å². The van der Waals surface area contributed by atoms with Crippen molar-refractivity contribution in [2.24, 2.45) is 5.73 Å². The van der Waals surface area contributed by atoms with Crippen molar-refractivity contribution < 1.29 is 5.11 Å². The van der Waals surface area contributed by atoms with Crippen molar-refractivity contribution in [3.05, 3.63) is 18.2 Å². The summed E-state index contributed by atoms with van der Waals surface area (Å²) in [6.07, 6.45) is 5.62. The topological polar surface area (TPSA) is 64.1 Å². The van der Waals surface area contributed by atoms with E-state index in [9.17, 15) is 0 Å². The van der Waals surface area contributed by atoms with Crippen LogP contribution in [0.3, 0.4) is 0 Å². The number of aliphatic hydroxyl groups excluding tert-OH is 1. The molecule has 0 spiro atoms. The normalized spacial score (nSPS) is 15.4. The van der Waals surface area contributed by atoms with Gasteiger partial charge in [-0.15, -0.1) is 0 Å². The van der Waals surface area contributed by atoms with E-state index in [-0.39, 0.29) is 6.61 Å². The van der Waals surface area contributed by atoms with Crippen LogP contribution in [-0.4, -0.2) is 26.8 Å². The van der Waals surface area contributed by atoms with E-state index in [1.165, 1.54) is 0 Å². The maximum absolute atomic E-state index is 9.05. The smallest absolute Gasteiger partial charge is 0.111 e. The third-order valence-electron chi connectivity index (χ3n) is 2.77. The van der Waals surface area contributed by atoms with E-state index >= 15 is 0 Å². The van der Waals surface area contributed by atoms with Crippen LogP contribution in [0.2, 0.25) is 0 Å². The van der Waals surface area contributed by atoms with Crippen molar-refractivity contribution >= 4 is 0 Å². The number of aromatic nitrogens is 2. The number of hydrogen-bond acceptors (Lipinski definition) is 3. The first-order chi connectivity index (χ1) is 7.46. The van der Waals surface area contributed by atoms with Gasteiger partial charge in [0.1, 0.15) is 5.82 Å². The van der Waals surface area contributed by atoms with E-state index in [1.807, 2.05) is 19.3 Å². The summed E-state index contributed by atoms with van der Waals surface area (Å²) in [6.45, 7) is 7.11. The van der Waals surface area contributed by atoms with Gasteiger partial charge in [-0.25, -0.2) is 4.98 Å². The Labute approximate surface area is 97.5 Å². The summed E-state index contributed by atoms with van der Waals surface area (Å²) >= 11 is 0. The standard InChI is InChI=1S/C12H23N3O/c1-10(2)11-14-6-8-15(11)7-4-5-12(3,13)9-16/h6,8,10,16H,4-5,7,9,13H2,1-3H3. The minimum atomic E-state index is -0.460. The number of rotatable bonds is 6. The lowest BCUT2D eigenvalue weighted by Gasteiger charge is -2.21. The monoisotopic (exact) mass is 225 g/mol. The number of aryl methyl sites for hydroxylation is 1. The predicted molar refractivity (Wildman–Crippen MR) is 65.2 cm³/mol. The van der Waals surface area contributed by atoms with Crippen molar-refractivity contribution in [1.82, 2.24) is 9.55 Å². The molecule has 92 valence electrons. The second kappa shape index (κ2) is 5.46. The molecule has 16 heavy (non-hydrogen) atoms. The fraction of sp³-hybridized carbons (Fsp3) is 0.750. The maximum atomic E-state index is 9.05. The highest BCUT2D eigenvalue weighted by atomic mass is 16.3. The van der Waals surface area contributed by atoms with Crippen LogP contribution in [0.4, 0.5) is 0 Å². The third-order valence-corrected chi connectivity index (χ3v) is 2.77. The highest BCUT2D eigenvalue weighted by Gasteiger charge is 2.16. The van der Waals surface area contributed by atoms with Gasteiger partial charge < -0.3 is 15.4 Å². The van der Waals surface area contributed by atoms with Gasteiger partial charge in [0.05, 0.1) is 6.61 Å². The predicted octanol–water partition coefficient (Wildman–Crippen LogP) is 1.50. The summed E-state index contributed by atoms with van der Waals surface area (Å²) in [5.41, 5.74) is 5.42. The summed E-state index contributed by atoms with van der Waals surface area (Å²) in [7, 11) is 0. The van der Waals surface area contributed by atoms with Crippen molar-refractivity contribution in [2.75, 3.05) is 6.61 Å². The Morgan fingerprint density at radius 3 is 2.81 bits per heavy atom. The Morgan fingerprint density at radius 1 is 1.56 bits per heavy atom. The Morgan fingerprint density at radius 2 is 2.25 bits per heavy atom. The van der Waals surface area contributed by atoms with E-state index in [2.05, 4.69) is 23.4 Å². The van der Waals surface area contributed by atoms with E-state index < -0.39 is 5.54 Å². The Kier molecular flexibility index (Phi) is 4.50. The van der Waals surface area contributed by atoms with Gasteiger partial charge in [0, 0.05) is 30.4 Å². The molecule has 1 aromatic heterocycles. The average Bonchev–Trinajstić information content (AvgIpc) is 2.66. The van der Waals surface area contributed by atoms with Crippen LogP contribution in [0.5, 0.6) is 0 Å². The minimum absolute atomic E-state index is 0.0357. The van der Waals surface area contributed by atoms with Crippen LogP contribution >= 0.6 is 0 Å². The summed E-state index contributed by atoms with van der Waals surface area (Å²) < 4.78 is 2.16. The molecule has 0 aliphatic carbocycles. The summed E-state index contributed by atoms with van der Waals surface area (Å²) in [5, 5.41) is 9.05. The molecule has 3 N–H and O–H groups in total. The van der Waals surface area contributed by atoms with Crippen LogP contribution in [0.15, 0.2) is 12.4 Å². The van der Waals surface area contributed by atoms with Crippen LogP contribution in [-0.2, 0) is 6.54 Å². The molecule has 1 aromatic rings. The zero-order chi connectivity index (χ0) is 12.2. The molecular weight excluding hydrogens is 202 g/mol. The lowest BCUT2D eigenvalue weighted by atomic mass is 9.98. The summed E-state index contributed by atoms with van der Waals surface area (Å²) in [6, 6.07) is 0. The van der Waals surface area contributed by atoms with Gasteiger partial charge in [-0.3, -0.25) is 0 Å². The molecule has 0 bridgehead atoms. The molecule has 0 aliphatic rings. The molecule has 4 nitrogen and oxygen atoms in total. The van der Waals surface area contributed by atoms with E-state index in [0.717, 1.165) is 25.2 Å². The van der Waals surface area contributed by atoms with Gasteiger partial charge in [-0.1, -0.05) is 13.8 Å². The highest BCUT2D eigenvalue weighted by Crippen LogP contribution is 2.14.